The van der Waals surface area contributed by atoms with Gasteiger partial charge in [-0.25, -0.2) is 0 Å². The highest BCUT2D eigenvalue weighted by Gasteiger charge is 2.54. The topological polar surface area (TPSA) is 20.2 Å². The molecule has 0 amide bonds. The zero-order valence-corrected chi connectivity index (χ0v) is 20.0. The van der Waals surface area contributed by atoms with Crippen molar-refractivity contribution in [2.75, 3.05) is 0 Å². The molecule has 4 aliphatic rings. The Bertz CT molecular complexity index is 591. The molecule has 0 aromatic carbocycles. The molecule has 1 N–H and O–H groups in total. The second-order valence-electron chi connectivity index (χ2n) is 12.2. The molecule has 4 aliphatic carbocycles. The molecule has 0 saturated heterocycles. The summed E-state index contributed by atoms with van der Waals surface area (Å²) in [6.07, 6.45) is 17.3. The molecule has 3 saturated carbocycles. The maximum atomic E-state index is 10.2. The molecule has 0 heterocycles. The SMILES string of the molecule is CCC(CCC(C)C1CCC2C1CCC1C2CC=C2CC(O)CCC21C)C(C)C. The average molecular weight is 401 g/mol. The predicted octanol–water partition coefficient (Wildman–Crippen LogP) is 7.63. The second kappa shape index (κ2) is 8.68. The molecule has 0 aliphatic heterocycles. The summed E-state index contributed by atoms with van der Waals surface area (Å²) in [4.78, 5) is 0. The lowest BCUT2D eigenvalue weighted by molar-refractivity contribution is -0.0153. The van der Waals surface area contributed by atoms with Crippen molar-refractivity contribution >= 4 is 0 Å². The molecule has 1 nitrogen and oxygen atoms in total. The molecular weight excluding hydrogens is 352 g/mol. The van der Waals surface area contributed by atoms with Crippen LogP contribution in [0.25, 0.3) is 0 Å². The van der Waals surface area contributed by atoms with Crippen LogP contribution in [0.1, 0.15) is 105 Å². The lowest BCUT2D eigenvalue weighted by atomic mass is 9.50. The number of aliphatic hydroxyl groups excluding tert-OH is 1. The van der Waals surface area contributed by atoms with Crippen LogP contribution in [0.5, 0.6) is 0 Å². The second-order valence-corrected chi connectivity index (χ2v) is 12.2. The fraction of sp³-hybridized carbons (Fsp3) is 0.929. The Hall–Kier alpha value is -0.300. The molecule has 0 bridgehead atoms. The summed E-state index contributed by atoms with van der Waals surface area (Å²) in [7, 11) is 0. The van der Waals surface area contributed by atoms with E-state index in [2.05, 4.69) is 40.7 Å². The van der Waals surface area contributed by atoms with E-state index in [0.717, 1.165) is 60.2 Å². The van der Waals surface area contributed by atoms with Gasteiger partial charge in [-0.05, 0) is 111 Å². The molecule has 29 heavy (non-hydrogen) atoms. The van der Waals surface area contributed by atoms with E-state index in [-0.39, 0.29) is 6.10 Å². The molecule has 9 unspecified atom stereocenters. The van der Waals surface area contributed by atoms with Gasteiger partial charge in [0, 0.05) is 0 Å². The van der Waals surface area contributed by atoms with Gasteiger partial charge in [-0.15, -0.1) is 0 Å². The van der Waals surface area contributed by atoms with Crippen molar-refractivity contribution in [3.8, 4) is 0 Å². The van der Waals surface area contributed by atoms with Crippen LogP contribution < -0.4 is 0 Å². The van der Waals surface area contributed by atoms with Gasteiger partial charge in [0.15, 0.2) is 0 Å². The van der Waals surface area contributed by atoms with Crippen LogP contribution in [0.4, 0.5) is 0 Å². The smallest absolute Gasteiger partial charge is 0.0577 e. The molecule has 0 radical (unpaired) electrons. The Morgan fingerprint density at radius 2 is 1.76 bits per heavy atom. The van der Waals surface area contributed by atoms with Crippen molar-refractivity contribution in [1.82, 2.24) is 0 Å². The average Bonchev–Trinajstić information content (AvgIpc) is 3.13. The highest BCUT2D eigenvalue weighted by molar-refractivity contribution is 5.24. The van der Waals surface area contributed by atoms with Gasteiger partial charge in [-0.2, -0.15) is 0 Å². The molecular formula is C28H48O. The Kier molecular flexibility index (Phi) is 6.56. The standard InChI is InChI=1S/C28H48O/c1-6-20(18(2)3)8-7-19(4)23-11-12-25-24(23)13-14-27-26(25)10-9-21-17-22(29)15-16-28(21,27)5/h9,18-20,22-27,29H,6-8,10-17H2,1-5H3. The fourth-order valence-electron chi connectivity index (χ4n) is 8.75. The van der Waals surface area contributed by atoms with Crippen LogP contribution in [-0.4, -0.2) is 11.2 Å². The van der Waals surface area contributed by atoms with E-state index in [1.165, 1.54) is 57.8 Å². The maximum Gasteiger partial charge on any atom is 0.0577 e. The number of hydrogen-bond acceptors (Lipinski definition) is 1. The van der Waals surface area contributed by atoms with Crippen LogP contribution in [0.3, 0.4) is 0 Å². The van der Waals surface area contributed by atoms with Crippen molar-refractivity contribution in [2.24, 2.45) is 52.8 Å². The van der Waals surface area contributed by atoms with Gasteiger partial charge >= 0.3 is 0 Å². The van der Waals surface area contributed by atoms with Crippen molar-refractivity contribution in [1.29, 1.82) is 0 Å². The number of rotatable bonds is 6. The third kappa shape index (κ3) is 3.99. The lowest BCUT2D eigenvalue weighted by Gasteiger charge is -2.55. The molecule has 0 spiro atoms. The number of allylic oxidation sites excluding steroid dienone is 1. The van der Waals surface area contributed by atoms with Crippen LogP contribution in [-0.2, 0) is 0 Å². The first-order valence-corrected chi connectivity index (χ1v) is 13.2. The monoisotopic (exact) mass is 400 g/mol. The van der Waals surface area contributed by atoms with Gasteiger partial charge in [0.1, 0.15) is 0 Å². The number of aliphatic hydroxyl groups is 1. The van der Waals surface area contributed by atoms with E-state index in [1.807, 2.05) is 0 Å². The number of fused-ring (bicyclic) bond motifs is 5. The minimum absolute atomic E-state index is 0.0725. The van der Waals surface area contributed by atoms with Gasteiger partial charge in [-0.1, -0.05) is 59.1 Å². The molecule has 9 atom stereocenters. The van der Waals surface area contributed by atoms with E-state index in [9.17, 15) is 5.11 Å². The highest BCUT2D eigenvalue weighted by Crippen LogP contribution is 2.63. The van der Waals surface area contributed by atoms with Crippen LogP contribution in [0, 0.1) is 52.8 Å². The Morgan fingerprint density at radius 1 is 1.00 bits per heavy atom. The molecule has 166 valence electrons. The van der Waals surface area contributed by atoms with E-state index in [4.69, 9.17) is 0 Å². The first kappa shape index (κ1) is 21.9. The molecule has 0 aromatic rings. The summed E-state index contributed by atoms with van der Waals surface area (Å²) < 4.78 is 0. The van der Waals surface area contributed by atoms with Crippen LogP contribution in [0.2, 0.25) is 0 Å². The lowest BCUT2D eigenvalue weighted by Crippen LogP contribution is -2.47. The third-order valence-electron chi connectivity index (χ3n) is 10.6. The van der Waals surface area contributed by atoms with Gasteiger partial charge < -0.3 is 5.11 Å². The predicted molar refractivity (Wildman–Crippen MR) is 124 cm³/mol. The Morgan fingerprint density at radius 3 is 2.48 bits per heavy atom. The number of hydrogen-bond donors (Lipinski definition) is 1. The van der Waals surface area contributed by atoms with Gasteiger partial charge in [0.2, 0.25) is 0 Å². The quantitative estimate of drug-likeness (QED) is 0.454. The Balaban J connectivity index is 1.42. The van der Waals surface area contributed by atoms with Gasteiger partial charge in [0.25, 0.3) is 0 Å². The maximum absolute atomic E-state index is 10.2. The largest absolute Gasteiger partial charge is 0.393 e. The van der Waals surface area contributed by atoms with Crippen molar-refractivity contribution in [3.63, 3.8) is 0 Å². The summed E-state index contributed by atoms with van der Waals surface area (Å²) in [5, 5.41) is 10.2. The third-order valence-corrected chi connectivity index (χ3v) is 10.6. The van der Waals surface area contributed by atoms with E-state index in [1.54, 1.807) is 5.57 Å². The molecule has 0 aromatic heterocycles. The van der Waals surface area contributed by atoms with Crippen molar-refractivity contribution in [3.05, 3.63) is 11.6 Å². The van der Waals surface area contributed by atoms with E-state index < -0.39 is 0 Å². The Labute approximate surface area is 181 Å². The minimum Gasteiger partial charge on any atom is -0.393 e. The van der Waals surface area contributed by atoms with Crippen LogP contribution >= 0.6 is 0 Å². The first-order valence-electron chi connectivity index (χ1n) is 13.2. The minimum atomic E-state index is -0.0725. The normalized spacial score (nSPS) is 43.9. The zero-order chi connectivity index (χ0) is 20.8. The summed E-state index contributed by atoms with van der Waals surface area (Å²) in [6.45, 7) is 12.4. The van der Waals surface area contributed by atoms with Crippen LogP contribution in [0.15, 0.2) is 11.6 Å². The van der Waals surface area contributed by atoms with Crippen molar-refractivity contribution in [2.45, 2.75) is 111 Å². The van der Waals surface area contributed by atoms with E-state index in [0.29, 0.717) is 5.41 Å². The van der Waals surface area contributed by atoms with Crippen molar-refractivity contribution < 1.29 is 5.11 Å². The van der Waals surface area contributed by atoms with Gasteiger partial charge in [-0.3, -0.25) is 0 Å². The van der Waals surface area contributed by atoms with Gasteiger partial charge in [0.05, 0.1) is 6.10 Å². The first-order chi connectivity index (χ1) is 13.8. The zero-order valence-electron chi connectivity index (χ0n) is 20.0. The molecule has 4 rings (SSSR count). The molecule has 3 fully saturated rings. The summed E-state index contributed by atoms with van der Waals surface area (Å²) in [5.74, 6) is 7.53. The van der Waals surface area contributed by atoms with E-state index >= 15 is 0 Å². The summed E-state index contributed by atoms with van der Waals surface area (Å²) in [6, 6.07) is 0. The summed E-state index contributed by atoms with van der Waals surface area (Å²) in [5.41, 5.74) is 2.03. The summed E-state index contributed by atoms with van der Waals surface area (Å²) >= 11 is 0. The highest BCUT2D eigenvalue weighted by atomic mass is 16.3. The molecule has 1 heteroatoms. The fourth-order valence-corrected chi connectivity index (χ4v) is 8.75.